The number of carbonyl (C=O) groups excluding carboxylic acids is 3. The molecular weight excluding hydrogens is 997 g/mol. The molecule has 0 heterocycles. The van der Waals surface area contributed by atoms with Crippen molar-refractivity contribution in [2.75, 3.05) is 13.2 Å². The summed E-state index contributed by atoms with van der Waals surface area (Å²) in [7, 11) is 0. The highest BCUT2D eigenvalue weighted by Crippen LogP contribution is 2.17. The third-order valence-corrected chi connectivity index (χ3v) is 15.1. The molecule has 0 saturated carbocycles. The summed E-state index contributed by atoms with van der Waals surface area (Å²) in [6.07, 6.45) is 92.8. The fourth-order valence-corrected chi connectivity index (χ4v) is 9.89. The molecule has 1 atom stereocenters. The van der Waals surface area contributed by atoms with Gasteiger partial charge in [0.1, 0.15) is 13.2 Å². The topological polar surface area (TPSA) is 78.9 Å². The number of allylic oxidation sites excluding steroid dienone is 16. The molecule has 0 amide bonds. The molecule has 81 heavy (non-hydrogen) atoms. The highest BCUT2D eigenvalue weighted by Gasteiger charge is 2.19. The summed E-state index contributed by atoms with van der Waals surface area (Å²) in [6.45, 7) is 6.53. The molecule has 0 aliphatic heterocycles. The van der Waals surface area contributed by atoms with Crippen LogP contribution in [-0.2, 0) is 28.6 Å². The Balaban J connectivity index is 4.42. The molecule has 0 saturated heterocycles. The second kappa shape index (κ2) is 68.8. The van der Waals surface area contributed by atoms with E-state index in [1.54, 1.807) is 0 Å². The SMILES string of the molecule is CC/C=C\C/C=C\C/C=C\C/C=C\C/C=C\C/C=C\CCCCCCC(=O)OCC(COC(=O)CCCCCCCCC/C=C\C/C=C\CCCCCC)OC(=O)CCCCCCCCCCCCCCCCCCCCCCCC. The van der Waals surface area contributed by atoms with Gasteiger partial charge < -0.3 is 14.2 Å². The summed E-state index contributed by atoms with van der Waals surface area (Å²) in [5, 5.41) is 0. The zero-order chi connectivity index (χ0) is 58.5. The van der Waals surface area contributed by atoms with Gasteiger partial charge in [0, 0.05) is 19.3 Å². The molecule has 0 bridgehead atoms. The third-order valence-electron chi connectivity index (χ3n) is 15.1. The van der Waals surface area contributed by atoms with Gasteiger partial charge in [-0.05, 0) is 103 Å². The van der Waals surface area contributed by atoms with Crippen molar-refractivity contribution >= 4 is 17.9 Å². The summed E-state index contributed by atoms with van der Waals surface area (Å²) in [4.78, 5) is 38.5. The van der Waals surface area contributed by atoms with Crippen molar-refractivity contribution < 1.29 is 28.6 Å². The molecule has 6 heteroatoms. The molecular formula is C75H130O6. The van der Waals surface area contributed by atoms with Crippen LogP contribution in [0.25, 0.3) is 0 Å². The maximum Gasteiger partial charge on any atom is 0.306 e. The van der Waals surface area contributed by atoms with Crippen LogP contribution in [0.4, 0.5) is 0 Å². The van der Waals surface area contributed by atoms with E-state index in [1.165, 1.54) is 180 Å². The maximum atomic E-state index is 13.0. The van der Waals surface area contributed by atoms with Gasteiger partial charge in [0.05, 0.1) is 0 Å². The van der Waals surface area contributed by atoms with E-state index >= 15 is 0 Å². The van der Waals surface area contributed by atoms with E-state index < -0.39 is 6.10 Å². The van der Waals surface area contributed by atoms with Crippen LogP contribution >= 0.6 is 0 Å². The van der Waals surface area contributed by atoms with Gasteiger partial charge in [-0.3, -0.25) is 14.4 Å². The minimum Gasteiger partial charge on any atom is -0.462 e. The normalized spacial score (nSPS) is 12.7. The predicted molar refractivity (Wildman–Crippen MR) is 353 cm³/mol. The van der Waals surface area contributed by atoms with Crippen molar-refractivity contribution in [3.63, 3.8) is 0 Å². The van der Waals surface area contributed by atoms with Gasteiger partial charge in [-0.25, -0.2) is 0 Å². The van der Waals surface area contributed by atoms with Crippen molar-refractivity contribution in [3.05, 3.63) is 97.2 Å². The van der Waals surface area contributed by atoms with Crippen molar-refractivity contribution in [1.82, 2.24) is 0 Å². The van der Waals surface area contributed by atoms with Gasteiger partial charge >= 0.3 is 17.9 Å². The minimum atomic E-state index is -0.793. The summed E-state index contributed by atoms with van der Waals surface area (Å²) >= 11 is 0. The Morgan fingerprint density at radius 1 is 0.259 bits per heavy atom. The number of hydrogen-bond donors (Lipinski definition) is 0. The van der Waals surface area contributed by atoms with E-state index in [0.29, 0.717) is 19.3 Å². The first-order chi connectivity index (χ1) is 40.0. The summed E-state index contributed by atoms with van der Waals surface area (Å²) < 4.78 is 17.0. The van der Waals surface area contributed by atoms with E-state index in [9.17, 15) is 14.4 Å². The van der Waals surface area contributed by atoms with E-state index in [4.69, 9.17) is 14.2 Å². The largest absolute Gasteiger partial charge is 0.462 e. The highest BCUT2D eigenvalue weighted by molar-refractivity contribution is 5.71. The average Bonchev–Trinajstić information content (AvgIpc) is 3.47. The first kappa shape index (κ1) is 77.3. The van der Waals surface area contributed by atoms with Crippen LogP contribution < -0.4 is 0 Å². The zero-order valence-corrected chi connectivity index (χ0v) is 53.5. The van der Waals surface area contributed by atoms with Crippen molar-refractivity contribution in [1.29, 1.82) is 0 Å². The quantitative estimate of drug-likeness (QED) is 0.0261. The van der Waals surface area contributed by atoms with E-state index in [-0.39, 0.29) is 31.1 Å². The van der Waals surface area contributed by atoms with Gasteiger partial charge in [0.15, 0.2) is 6.10 Å². The molecule has 0 radical (unpaired) electrons. The molecule has 0 aromatic heterocycles. The van der Waals surface area contributed by atoms with Gasteiger partial charge in [0.2, 0.25) is 0 Å². The van der Waals surface area contributed by atoms with Crippen molar-refractivity contribution in [2.45, 2.75) is 348 Å². The number of ether oxygens (including phenoxy) is 3. The lowest BCUT2D eigenvalue weighted by molar-refractivity contribution is -0.167. The lowest BCUT2D eigenvalue weighted by Crippen LogP contribution is -2.30. The standard InChI is InChI=1S/C75H130O6/c1-4-7-10-13-16-19-22-25-28-31-34-36-38-40-41-44-47-50-53-56-59-62-65-68-74(77)80-71-72(70-79-73(76)67-64-61-58-55-52-49-46-43-33-30-27-24-21-18-15-12-9-6-3)81-75(78)69-66-63-60-57-54-51-48-45-42-39-37-35-32-29-26-23-20-17-14-11-8-5-2/h7,10,16,19,21,24-25,28,30,33-34,36,40-41,47,50,72H,4-6,8-9,11-15,17-18,20,22-23,26-27,29,31-32,35,37-39,42-46,48-49,51-71H2,1-3H3/b10-7-,19-16-,24-21-,28-25-,33-30-,36-34-,41-40-,50-47-. The second-order valence-electron chi connectivity index (χ2n) is 23.1. The first-order valence-electron chi connectivity index (χ1n) is 34.7. The number of unbranched alkanes of at least 4 members (excludes halogenated alkanes) is 36. The zero-order valence-electron chi connectivity index (χ0n) is 53.5. The fourth-order valence-electron chi connectivity index (χ4n) is 9.89. The van der Waals surface area contributed by atoms with Gasteiger partial charge in [0.25, 0.3) is 0 Å². The van der Waals surface area contributed by atoms with E-state index in [0.717, 1.165) is 122 Å². The average molecular weight is 1130 g/mol. The van der Waals surface area contributed by atoms with Crippen molar-refractivity contribution in [2.24, 2.45) is 0 Å². The van der Waals surface area contributed by atoms with Crippen LogP contribution in [-0.4, -0.2) is 37.2 Å². The van der Waals surface area contributed by atoms with Gasteiger partial charge in [-0.1, -0.05) is 317 Å². The molecule has 0 N–H and O–H groups in total. The Morgan fingerprint density at radius 2 is 0.481 bits per heavy atom. The Bertz CT molecular complexity index is 1580. The second-order valence-corrected chi connectivity index (χ2v) is 23.1. The molecule has 0 aromatic rings. The summed E-state index contributed by atoms with van der Waals surface area (Å²) in [6, 6.07) is 0. The number of hydrogen-bond acceptors (Lipinski definition) is 6. The van der Waals surface area contributed by atoms with Crippen molar-refractivity contribution in [3.8, 4) is 0 Å². The van der Waals surface area contributed by atoms with Gasteiger partial charge in [-0.2, -0.15) is 0 Å². The Kier molecular flexibility index (Phi) is 65.7. The van der Waals surface area contributed by atoms with Gasteiger partial charge in [-0.15, -0.1) is 0 Å². The van der Waals surface area contributed by atoms with Crippen LogP contribution in [0.2, 0.25) is 0 Å². The monoisotopic (exact) mass is 1130 g/mol. The Morgan fingerprint density at radius 3 is 0.765 bits per heavy atom. The molecule has 1 unspecified atom stereocenters. The molecule has 0 aliphatic carbocycles. The van der Waals surface area contributed by atoms with Crippen LogP contribution in [0.5, 0.6) is 0 Å². The molecule has 0 fully saturated rings. The number of carbonyl (C=O) groups is 3. The van der Waals surface area contributed by atoms with E-state index in [2.05, 4.69) is 118 Å². The first-order valence-corrected chi connectivity index (χ1v) is 34.7. The predicted octanol–water partition coefficient (Wildman–Crippen LogP) is 24.0. The molecule has 0 aromatic carbocycles. The minimum absolute atomic E-state index is 0.0877. The maximum absolute atomic E-state index is 13.0. The van der Waals surface area contributed by atoms with Crippen LogP contribution in [0.3, 0.4) is 0 Å². The molecule has 0 rings (SSSR count). The number of esters is 3. The fraction of sp³-hybridized carbons (Fsp3) is 0.747. The van der Waals surface area contributed by atoms with Crippen LogP contribution in [0, 0.1) is 0 Å². The third kappa shape index (κ3) is 67.0. The molecule has 0 aliphatic rings. The highest BCUT2D eigenvalue weighted by atomic mass is 16.6. The summed E-state index contributed by atoms with van der Waals surface area (Å²) in [5.41, 5.74) is 0. The Hall–Kier alpha value is -3.67. The molecule has 6 nitrogen and oxygen atoms in total. The lowest BCUT2D eigenvalue weighted by atomic mass is 10.0. The number of rotatable bonds is 63. The van der Waals surface area contributed by atoms with E-state index in [1.807, 2.05) is 0 Å². The Labute approximate surface area is 502 Å². The molecule has 0 spiro atoms. The smallest absolute Gasteiger partial charge is 0.306 e. The van der Waals surface area contributed by atoms with Crippen LogP contribution in [0.15, 0.2) is 97.2 Å². The summed E-state index contributed by atoms with van der Waals surface area (Å²) in [5.74, 6) is -0.903. The molecule has 466 valence electrons. The lowest BCUT2D eigenvalue weighted by Gasteiger charge is -2.18. The van der Waals surface area contributed by atoms with Crippen LogP contribution in [0.1, 0.15) is 342 Å².